The first-order valence-electron chi connectivity index (χ1n) is 11.6. The first-order chi connectivity index (χ1) is 14.6. The van der Waals surface area contributed by atoms with Gasteiger partial charge in [-0.25, -0.2) is 4.79 Å². The Hall–Kier alpha value is -2.12. The Morgan fingerprint density at radius 3 is 2.67 bits per heavy atom. The summed E-state index contributed by atoms with van der Waals surface area (Å²) in [6.45, 7) is 7.72. The molecule has 7 heteroatoms. The molecule has 1 saturated heterocycles. The van der Waals surface area contributed by atoms with E-state index in [1.165, 1.54) is 22.4 Å². The molecule has 0 spiro atoms. The molecule has 1 saturated carbocycles. The predicted molar refractivity (Wildman–Crippen MR) is 114 cm³/mol. The van der Waals surface area contributed by atoms with Crippen LogP contribution < -0.4 is 25.2 Å². The molecule has 0 aromatic heterocycles. The number of carbonyl (C=O) groups excluding carboxylic acids is 2. The first kappa shape index (κ1) is 21.1. The molecule has 3 aliphatic rings. The summed E-state index contributed by atoms with van der Waals surface area (Å²) in [6, 6.07) is 6.24. The number of hydrogen-bond donors (Lipinski definition) is 4. The number of fused-ring (bicyclic) bond motifs is 1. The zero-order valence-corrected chi connectivity index (χ0v) is 18.1. The van der Waals surface area contributed by atoms with E-state index in [0.717, 1.165) is 77.2 Å². The van der Waals surface area contributed by atoms with Crippen molar-refractivity contribution in [3.63, 3.8) is 0 Å². The van der Waals surface area contributed by atoms with Crippen molar-refractivity contribution in [1.82, 2.24) is 10.6 Å². The van der Waals surface area contributed by atoms with Gasteiger partial charge in [0.25, 0.3) is 5.91 Å². The second-order valence-electron chi connectivity index (χ2n) is 9.14. The fourth-order valence-electron chi connectivity index (χ4n) is 5.05. The molecule has 7 nitrogen and oxygen atoms in total. The Labute approximate surface area is 179 Å². The third kappa shape index (κ3) is 5.32. The normalized spacial score (nSPS) is 25.1. The van der Waals surface area contributed by atoms with Crippen molar-refractivity contribution < 1.29 is 24.1 Å². The molecule has 164 valence electrons. The van der Waals surface area contributed by atoms with Crippen LogP contribution in [0, 0.1) is 0 Å². The van der Waals surface area contributed by atoms with E-state index in [2.05, 4.69) is 28.8 Å². The number of urea groups is 1. The van der Waals surface area contributed by atoms with Crippen molar-refractivity contribution in [3.8, 4) is 5.75 Å². The van der Waals surface area contributed by atoms with Gasteiger partial charge in [-0.15, -0.1) is 0 Å². The average molecular weight is 417 g/mol. The number of quaternary nitrogens is 2. The summed E-state index contributed by atoms with van der Waals surface area (Å²) in [4.78, 5) is 27.6. The van der Waals surface area contributed by atoms with Gasteiger partial charge < -0.3 is 19.9 Å². The molecule has 1 atom stereocenters. The van der Waals surface area contributed by atoms with Crippen LogP contribution in [0.2, 0.25) is 0 Å². The molecule has 2 fully saturated rings. The van der Waals surface area contributed by atoms with E-state index in [-0.39, 0.29) is 24.0 Å². The van der Waals surface area contributed by atoms with Crippen LogP contribution in [0.25, 0.3) is 0 Å². The Balaban J connectivity index is 1.20. The predicted octanol–water partition coefficient (Wildman–Crippen LogP) is -0.548. The number of amides is 3. The Bertz CT molecular complexity index is 755. The van der Waals surface area contributed by atoms with Crippen LogP contribution in [-0.4, -0.2) is 56.8 Å². The molecule has 1 aromatic rings. The minimum atomic E-state index is -0.331. The quantitative estimate of drug-likeness (QED) is 0.520. The van der Waals surface area contributed by atoms with Gasteiger partial charge in [0.2, 0.25) is 0 Å². The monoisotopic (exact) mass is 416 g/mol. The Morgan fingerprint density at radius 1 is 1.13 bits per heavy atom. The highest BCUT2D eigenvalue weighted by Gasteiger charge is 2.32. The molecule has 0 unspecified atom stereocenters. The third-order valence-electron chi connectivity index (χ3n) is 6.99. The van der Waals surface area contributed by atoms with Gasteiger partial charge in [-0.1, -0.05) is 19.3 Å². The fourth-order valence-corrected chi connectivity index (χ4v) is 5.05. The number of ether oxygens (including phenoxy) is 1. The highest BCUT2D eigenvalue weighted by Crippen LogP contribution is 2.25. The van der Waals surface area contributed by atoms with E-state index in [1.807, 2.05) is 6.92 Å². The zero-order valence-electron chi connectivity index (χ0n) is 18.1. The van der Waals surface area contributed by atoms with Gasteiger partial charge in [-0.3, -0.25) is 10.1 Å². The van der Waals surface area contributed by atoms with Crippen LogP contribution in [0.3, 0.4) is 0 Å². The summed E-state index contributed by atoms with van der Waals surface area (Å²) in [6.07, 6.45) is 6.61. The van der Waals surface area contributed by atoms with Crippen LogP contribution in [-0.2, 0) is 17.8 Å². The van der Waals surface area contributed by atoms with Crippen LogP contribution in [0.15, 0.2) is 18.2 Å². The lowest BCUT2D eigenvalue weighted by atomic mass is 9.96. The topological polar surface area (TPSA) is 76.3 Å². The average Bonchev–Trinajstić information content (AvgIpc) is 3.22. The Kier molecular flexibility index (Phi) is 6.89. The van der Waals surface area contributed by atoms with E-state index in [9.17, 15) is 9.59 Å². The van der Waals surface area contributed by atoms with Crippen molar-refractivity contribution in [1.29, 1.82) is 0 Å². The van der Waals surface area contributed by atoms with Gasteiger partial charge in [0.1, 0.15) is 38.5 Å². The number of hydrogen-bond acceptors (Lipinski definition) is 3. The summed E-state index contributed by atoms with van der Waals surface area (Å²) in [5.41, 5.74) is 2.69. The molecule has 1 aliphatic carbocycles. The highest BCUT2D eigenvalue weighted by atomic mass is 16.5. The molecule has 4 rings (SSSR count). The van der Waals surface area contributed by atoms with Crippen molar-refractivity contribution >= 4 is 11.9 Å². The maximum atomic E-state index is 12.6. The van der Waals surface area contributed by atoms with Gasteiger partial charge in [-0.05, 0) is 43.5 Å². The molecule has 0 bridgehead atoms. The third-order valence-corrected chi connectivity index (χ3v) is 6.99. The molecule has 1 aromatic carbocycles. The van der Waals surface area contributed by atoms with Gasteiger partial charge in [-0.2, -0.15) is 0 Å². The fraction of sp³-hybridized carbons (Fsp3) is 0.652. The molecule has 2 heterocycles. The lowest BCUT2D eigenvalue weighted by Crippen LogP contribution is -3.29. The molecule has 0 radical (unpaired) electrons. The van der Waals surface area contributed by atoms with E-state index in [0.29, 0.717) is 0 Å². The summed E-state index contributed by atoms with van der Waals surface area (Å²) < 4.78 is 5.60. The highest BCUT2D eigenvalue weighted by molar-refractivity contribution is 5.96. The molecule has 3 amide bonds. The lowest BCUT2D eigenvalue weighted by molar-refractivity contribution is -1.02. The minimum absolute atomic E-state index is 0.166. The van der Waals surface area contributed by atoms with Crippen LogP contribution in [0.4, 0.5) is 4.79 Å². The van der Waals surface area contributed by atoms with Gasteiger partial charge in [0, 0.05) is 18.0 Å². The second-order valence-corrected chi connectivity index (χ2v) is 9.14. The lowest BCUT2D eigenvalue weighted by Gasteiger charge is -2.32. The molecule has 30 heavy (non-hydrogen) atoms. The summed E-state index contributed by atoms with van der Waals surface area (Å²) >= 11 is 0. The number of imide groups is 1. The standard InChI is InChI=1S/C23H34N4O3/c1-17(22(28)25-23(29)24-20-5-3-2-4-6-20)27-12-10-26(11-13-27)16-18-7-8-21-19(15-18)9-14-30-21/h7-8,15,17,20H,2-6,9-14,16H2,1H3,(H2,24,25,28,29)/p+2/t17-/m1/s1. The van der Waals surface area contributed by atoms with E-state index < -0.39 is 0 Å². The number of benzene rings is 1. The smallest absolute Gasteiger partial charge is 0.321 e. The molecular formula is C23H36N4O3+2. The second kappa shape index (κ2) is 9.79. The van der Waals surface area contributed by atoms with Crippen LogP contribution >= 0.6 is 0 Å². The van der Waals surface area contributed by atoms with Crippen molar-refractivity contribution in [3.05, 3.63) is 29.3 Å². The van der Waals surface area contributed by atoms with E-state index in [4.69, 9.17) is 4.74 Å². The van der Waals surface area contributed by atoms with E-state index >= 15 is 0 Å². The maximum absolute atomic E-state index is 12.6. The Morgan fingerprint density at radius 2 is 1.90 bits per heavy atom. The molecular weight excluding hydrogens is 380 g/mol. The number of carbonyl (C=O) groups is 2. The molecule has 2 aliphatic heterocycles. The summed E-state index contributed by atoms with van der Waals surface area (Å²) in [5, 5.41) is 5.54. The van der Waals surface area contributed by atoms with Crippen molar-refractivity contribution in [2.45, 2.75) is 64.1 Å². The molecule has 4 N–H and O–H groups in total. The minimum Gasteiger partial charge on any atom is -0.493 e. The zero-order chi connectivity index (χ0) is 20.9. The number of piperazine rings is 1. The van der Waals surface area contributed by atoms with Crippen LogP contribution in [0.1, 0.15) is 50.2 Å². The number of rotatable bonds is 5. The van der Waals surface area contributed by atoms with Gasteiger partial charge in [0.15, 0.2) is 6.04 Å². The van der Waals surface area contributed by atoms with Crippen molar-refractivity contribution in [2.24, 2.45) is 0 Å². The van der Waals surface area contributed by atoms with Gasteiger partial charge in [0.05, 0.1) is 6.61 Å². The van der Waals surface area contributed by atoms with Gasteiger partial charge >= 0.3 is 6.03 Å². The maximum Gasteiger partial charge on any atom is 0.321 e. The van der Waals surface area contributed by atoms with Crippen molar-refractivity contribution in [2.75, 3.05) is 32.8 Å². The van der Waals surface area contributed by atoms with Crippen LogP contribution in [0.5, 0.6) is 5.75 Å². The number of nitrogens with one attached hydrogen (secondary N) is 4. The van der Waals surface area contributed by atoms with E-state index in [1.54, 1.807) is 4.90 Å². The SMILES string of the molecule is C[C@H](C(=O)NC(=O)NC1CCCCC1)[NH+]1CC[NH+](Cc2ccc3c(c2)CCO3)CC1. The summed E-state index contributed by atoms with van der Waals surface area (Å²) in [7, 11) is 0. The summed E-state index contributed by atoms with van der Waals surface area (Å²) in [5.74, 6) is 0.871. The largest absolute Gasteiger partial charge is 0.493 e. The first-order valence-corrected chi connectivity index (χ1v) is 11.6.